The van der Waals surface area contributed by atoms with E-state index in [1.54, 1.807) is 0 Å². The highest BCUT2D eigenvalue weighted by Crippen LogP contribution is 2.25. The Balaban J connectivity index is 1.57. The smallest absolute Gasteiger partial charge is 0.204 e. The van der Waals surface area contributed by atoms with Gasteiger partial charge < -0.3 is 0 Å². The zero-order valence-electron chi connectivity index (χ0n) is 17.9. The number of benzene rings is 2. The lowest BCUT2D eigenvalue weighted by Crippen LogP contribution is -2.20. The molecule has 154 valence electrons. The summed E-state index contributed by atoms with van der Waals surface area (Å²) in [5.41, 5.74) is 4.35. The minimum Gasteiger partial charge on any atom is -0.245 e. The molecule has 2 aromatic carbocycles. The van der Waals surface area contributed by atoms with Crippen molar-refractivity contribution < 1.29 is 0 Å². The molecule has 0 aliphatic carbocycles. The van der Waals surface area contributed by atoms with E-state index in [0.717, 1.165) is 41.2 Å². The Morgan fingerprint density at radius 2 is 1.73 bits per heavy atom. The molecule has 0 fully saturated rings. The van der Waals surface area contributed by atoms with Crippen molar-refractivity contribution in [1.82, 2.24) is 35.4 Å². The highest BCUT2D eigenvalue weighted by Gasteiger charge is 2.22. The average Bonchev–Trinajstić information content (AvgIpc) is 3.39. The Morgan fingerprint density at radius 3 is 2.40 bits per heavy atom. The van der Waals surface area contributed by atoms with Crippen LogP contribution in [0.25, 0.3) is 22.5 Å². The number of H-pyrrole nitrogens is 1. The Bertz CT molecular complexity index is 1100. The number of nitrogens with zero attached hydrogens (tertiary/aromatic N) is 6. The number of tetrazole rings is 1. The Kier molecular flexibility index (Phi) is 5.44. The van der Waals surface area contributed by atoms with Gasteiger partial charge in [-0.25, -0.2) is 9.67 Å². The summed E-state index contributed by atoms with van der Waals surface area (Å²) in [6, 6.07) is 16.8. The van der Waals surface area contributed by atoms with E-state index in [2.05, 4.69) is 89.4 Å². The maximum atomic E-state index is 4.80. The highest BCUT2D eigenvalue weighted by molar-refractivity contribution is 5.70. The molecule has 2 aromatic heterocycles. The molecule has 0 aliphatic heterocycles. The molecule has 0 saturated carbocycles. The van der Waals surface area contributed by atoms with Gasteiger partial charge in [0.1, 0.15) is 5.82 Å². The summed E-state index contributed by atoms with van der Waals surface area (Å²) in [5.74, 6) is 2.55. The zero-order valence-corrected chi connectivity index (χ0v) is 17.9. The molecule has 0 atom stereocenters. The fourth-order valence-electron chi connectivity index (χ4n) is 3.48. The number of aromatic amines is 1. The van der Waals surface area contributed by atoms with Crippen molar-refractivity contribution in [1.29, 1.82) is 0 Å². The molecular weight excluding hydrogens is 374 g/mol. The van der Waals surface area contributed by atoms with Crippen LogP contribution >= 0.6 is 0 Å². The SMILES string of the molecule is CCCc1nc(C(C)(C)C)n(Cc2ccc(-c3cccc(-c4nn[nH]n4)c3)cc2)n1. The summed E-state index contributed by atoms with van der Waals surface area (Å²) in [5, 5.41) is 19.0. The van der Waals surface area contributed by atoms with E-state index in [-0.39, 0.29) is 5.41 Å². The number of aryl methyl sites for hydroxylation is 1. The van der Waals surface area contributed by atoms with Crippen LogP contribution in [0.5, 0.6) is 0 Å². The third kappa shape index (κ3) is 4.30. The fraction of sp³-hybridized carbons (Fsp3) is 0.348. The van der Waals surface area contributed by atoms with Crippen LogP contribution in [0.2, 0.25) is 0 Å². The van der Waals surface area contributed by atoms with Gasteiger partial charge in [0.2, 0.25) is 5.82 Å². The van der Waals surface area contributed by atoms with E-state index < -0.39 is 0 Å². The van der Waals surface area contributed by atoms with Crippen LogP contribution in [0.4, 0.5) is 0 Å². The van der Waals surface area contributed by atoms with E-state index in [1.807, 2.05) is 12.1 Å². The molecular formula is C23H27N7. The van der Waals surface area contributed by atoms with Crippen molar-refractivity contribution in [2.45, 2.75) is 52.5 Å². The molecule has 4 rings (SSSR count). The van der Waals surface area contributed by atoms with Crippen LogP contribution < -0.4 is 0 Å². The van der Waals surface area contributed by atoms with Crippen molar-refractivity contribution in [2.75, 3.05) is 0 Å². The van der Waals surface area contributed by atoms with Crippen molar-refractivity contribution in [3.05, 3.63) is 65.7 Å². The highest BCUT2D eigenvalue weighted by atomic mass is 15.5. The first-order valence-electron chi connectivity index (χ1n) is 10.3. The first kappa shape index (κ1) is 19.9. The number of hydrogen-bond donors (Lipinski definition) is 1. The van der Waals surface area contributed by atoms with Gasteiger partial charge in [-0.15, -0.1) is 10.2 Å². The second-order valence-electron chi connectivity index (χ2n) is 8.52. The molecule has 0 bridgehead atoms. The van der Waals surface area contributed by atoms with E-state index >= 15 is 0 Å². The zero-order chi connectivity index (χ0) is 21.1. The van der Waals surface area contributed by atoms with Gasteiger partial charge in [-0.3, -0.25) is 0 Å². The predicted octanol–water partition coefficient (Wildman–Crippen LogP) is 4.42. The maximum absolute atomic E-state index is 4.80. The molecule has 2 heterocycles. The second-order valence-corrected chi connectivity index (χ2v) is 8.52. The minimum atomic E-state index is -0.0471. The van der Waals surface area contributed by atoms with E-state index in [9.17, 15) is 0 Å². The maximum Gasteiger partial charge on any atom is 0.204 e. The third-order valence-electron chi connectivity index (χ3n) is 4.95. The lowest BCUT2D eigenvalue weighted by Gasteiger charge is -2.18. The van der Waals surface area contributed by atoms with Gasteiger partial charge in [-0.05, 0) is 34.4 Å². The lowest BCUT2D eigenvalue weighted by atomic mass is 9.95. The van der Waals surface area contributed by atoms with Crippen molar-refractivity contribution >= 4 is 0 Å². The third-order valence-corrected chi connectivity index (χ3v) is 4.95. The van der Waals surface area contributed by atoms with Crippen LogP contribution in [0.15, 0.2) is 48.5 Å². The fourth-order valence-corrected chi connectivity index (χ4v) is 3.48. The van der Waals surface area contributed by atoms with Crippen molar-refractivity contribution in [3.8, 4) is 22.5 Å². The molecule has 0 spiro atoms. The molecule has 0 amide bonds. The number of hydrogen-bond acceptors (Lipinski definition) is 5. The summed E-state index contributed by atoms with van der Waals surface area (Å²) in [7, 11) is 0. The number of aromatic nitrogens is 7. The van der Waals surface area contributed by atoms with Crippen LogP contribution in [-0.2, 0) is 18.4 Å². The molecule has 30 heavy (non-hydrogen) atoms. The Labute approximate surface area is 176 Å². The predicted molar refractivity (Wildman–Crippen MR) is 117 cm³/mol. The summed E-state index contributed by atoms with van der Waals surface area (Å²) in [6.45, 7) is 9.42. The molecule has 0 unspecified atom stereocenters. The van der Waals surface area contributed by atoms with Crippen molar-refractivity contribution in [3.63, 3.8) is 0 Å². The van der Waals surface area contributed by atoms with Gasteiger partial charge in [0, 0.05) is 17.4 Å². The van der Waals surface area contributed by atoms with Crippen LogP contribution in [0.3, 0.4) is 0 Å². The molecule has 7 heteroatoms. The largest absolute Gasteiger partial charge is 0.245 e. The van der Waals surface area contributed by atoms with Crippen LogP contribution in [0.1, 0.15) is 51.3 Å². The normalized spacial score (nSPS) is 11.7. The molecule has 7 nitrogen and oxygen atoms in total. The van der Waals surface area contributed by atoms with Gasteiger partial charge in [-0.2, -0.15) is 10.3 Å². The van der Waals surface area contributed by atoms with Gasteiger partial charge in [0.15, 0.2) is 5.82 Å². The van der Waals surface area contributed by atoms with Crippen molar-refractivity contribution in [2.24, 2.45) is 0 Å². The second kappa shape index (κ2) is 8.18. The first-order valence-corrected chi connectivity index (χ1v) is 10.3. The van der Waals surface area contributed by atoms with Gasteiger partial charge in [0.05, 0.1) is 6.54 Å². The van der Waals surface area contributed by atoms with Gasteiger partial charge in [0.25, 0.3) is 0 Å². The van der Waals surface area contributed by atoms with Gasteiger partial charge in [-0.1, -0.05) is 70.2 Å². The summed E-state index contributed by atoms with van der Waals surface area (Å²) in [6.07, 6.45) is 1.96. The minimum absolute atomic E-state index is 0.0471. The topological polar surface area (TPSA) is 85.2 Å². The molecule has 0 aliphatic rings. The van der Waals surface area contributed by atoms with E-state index in [1.165, 1.54) is 5.56 Å². The van der Waals surface area contributed by atoms with E-state index in [0.29, 0.717) is 12.4 Å². The summed E-state index contributed by atoms with van der Waals surface area (Å²) < 4.78 is 2.05. The summed E-state index contributed by atoms with van der Waals surface area (Å²) >= 11 is 0. The lowest BCUT2D eigenvalue weighted by molar-refractivity contribution is 0.490. The quantitative estimate of drug-likeness (QED) is 0.517. The summed E-state index contributed by atoms with van der Waals surface area (Å²) in [4.78, 5) is 4.80. The molecule has 0 radical (unpaired) electrons. The van der Waals surface area contributed by atoms with Crippen LogP contribution in [0, 0.1) is 0 Å². The number of nitrogens with one attached hydrogen (secondary N) is 1. The molecule has 0 saturated heterocycles. The van der Waals surface area contributed by atoms with Gasteiger partial charge >= 0.3 is 0 Å². The first-order chi connectivity index (χ1) is 14.4. The van der Waals surface area contributed by atoms with E-state index in [4.69, 9.17) is 10.1 Å². The Hall–Kier alpha value is -3.35. The average molecular weight is 402 g/mol. The molecule has 1 N–H and O–H groups in total. The molecule has 4 aromatic rings. The Morgan fingerprint density at radius 1 is 0.967 bits per heavy atom. The monoisotopic (exact) mass is 401 g/mol. The number of rotatable bonds is 6. The standard InChI is InChI=1S/C23H27N7/c1-5-7-20-24-22(23(2,3)4)30(27-20)15-16-10-12-17(13-11-16)18-8-6-9-19(14-18)21-25-28-29-26-21/h6,8-14H,5,7,15H2,1-4H3,(H,25,26,28,29). The van der Waals surface area contributed by atoms with Crippen LogP contribution in [-0.4, -0.2) is 35.4 Å².